The van der Waals surface area contributed by atoms with Crippen LogP contribution in [0.2, 0.25) is 0 Å². The molecule has 17 heteroatoms. The van der Waals surface area contributed by atoms with Crippen molar-refractivity contribution >= 4 is 55.0 Å². The van der Waals surface area contributed by atoms with Gasteiger partial charge in [-0.2, -0.15) is 36.0 Å². The van der Waals surface area contributed by atoms with Crippen molar-refractivity contribution in [1.82, 2.24) is 4.98 Å². The molecule has 2 aromatic carbocycles. The summed E-state index contributed by atoms with van der Waals surface area (Å²) < 4.78 is 122. The molecule has 0 atom stereocenters. The van der Waals surface area contributed by atoms with E-state index in [1.807, 2.05) is 6.07 Å². The first-order valence-corrected chi connectivity index (χ1v) is 13.7. The predicted octanol–water partition coefficient (Wildman–Crippen LogP) is 8.77. The van der Waals surface area contributed by atoms with Gasteiger partial charge in [-0.3, -0.25) is 9.59 Å². The molecule has 3 rings (SSSR count). The second kappa shape index (κ2) is 13.6. The number of rotatable bonds is 9. The van der Waals surface area contributed by atoms with Gasteiger partial charge in [0.2, 0.25) is 5.95 Å². The van der Waals surface area contributed by atoms with E-state index in [4.69, 9.17) is 5.26 Å². The van der Waals surface area contributed by atoms with Crippen molar-refractivity contribution in [2.24, 2.45) is 0 Å². The van der Waals surface area contributed by atoms with Crippen LogP contribution in [-0.2, 0) is 5.67 Å². The van der Waals surface area contributed by atoms with E-state index in [2.05, 4.69) is 42.2 Å². The second-order valence-electron chi connectivity index (χ2n) is 9.00. The summed E-state index contributed by atoms with van der Waals surface area (Å²) in [6.45, 7) is -0.137. The molecular formula is C27H17Br2F9N4O2. The second-order valence-corrected chi connectivity index (χ2v) is 10.7. The molecule has 0 bridgehead atoms. The quantitative estimate of drug-likeness (QED) is 0.134. The van der Waals surface area contributed by atoms with E-state index in [0.29, 0.717) is 6.42 Å². The SMILES string of the molecule is N#CCCCCN(C(=O)c1ccc(F)nc1)c1cccc(C(=O)Nc2c(Br)cc(C(F)(C(F)(F)F)C(F)(F)F)cc2Br)c1F. The van der Waals surface area contributed by atoms with Crippen LogP contribution in [0.15, 0.2) is 57.6 Å². The monoisotopic (exact) mass is 758 g/mol. The van der Waals surface area contributed by atoms with Gasteiger partial charge in [0.15, 0.2) is 5.82 Å². The molecule has 0 saturated heterocycles. The third kappa shape index (κ3) is 7.17. The molecule has 0 aliphatic heterocycles. The molecule has 0 aliphatic rings. The van der Waals surface area contributed by atoms with Crippen LogP contribution in [0.3, 0.4) is 0 Å². The maximum atomic E-state index is 15.8. The molecule has 1 N–H and O–H groups in total. The summed E-state index contributed by atoms with van der Waals surface area (Å²) in [4.78, 5) is 30.6. The highest BCUT2D eigenvalue weighted by Gasteiger charge is 2.73. The number of nitriles is 1. The van der Waals surface area contributed by atoms with Gasteiger partial charge in [-0.05, 0) is 81.1 Å². The minimum absolute atomic E-state index is 0.128. The van der Waals surface area contributed by atoms with Gasteiger partial charge >= 0.3 is 18.0 Å². The Kier molecular flexibility index (Phi) is 10.7. The lowest BCUT2D eigenvalue weighted by Gasteiger charge is -2.31. The maximum Gasteiger partial charge on any atom is 0.435 e. The first-order valence-electron chi connectivity index (χ1n) is 12.2. The molecule has 1 aromatic heterocycles. The standard InChI is InChI=1S/C27H17Br2F9N4O2/c28-17-11-15(25(32,26(33,34)35)27(36,37)38)12-18(29)22(17)41-23(43)16-5-4-6-19(21(16)31)42(10-3-1-2-9-39)24(44)14-7-8-20(30)40-13-14/h4-8,11-13H,1-3,10H2,(H,41,43). The van der Waals surface area contributed by atoms with Gasteiger partial charge < -0.3 is 10.2 Å². The lowest BCUT2D eigenvalue weighted by atomic mass is 9.94. The summed E-state index contributed by atoms with van der Waals surface area (Å²) in [5.74, 6) is -4.19. The average molecular weight is 760 g/mol. The molecule has 234 valence electrons. The number of pyridine rings is 1. The highest BCUT2D eigenvalue weighted by atomic mass is 79.9. The Morgan fingerprint density at radius 2 is 1.55 bits per heavy atom. The maximum absolute atomic E-state index is 15.8. The van der Waals surface area contributed by atoms with E-state index in [0.717, 1.165) is 35.4 Å². The van der Waals surface area contributed by atoms with Crippen LogP contribution in [-0.4, -0.2) is 35.7 Å². The van der Waals surface area contributed by atoms with Crippen molar-refractivity contribution < 1.29 is 49.1 Å². The molecule has 0 radical (unpaired) electrons. The van der Waals surface area contributed by atoms with E-state index in [1.54, 1.807) is 0 Å². The third-order valence-corrected chi connectivity index (χ3v) is 7.36. The van der Waals surface area contributed by atoms with Crippen molar-refractivity contribution in [1.29, 1.82) is 5.26 Å². The van der Waals surface area contributed by atoms with Crippen LogP contribution in [0.25, 0.3) is 0 Å². The van der Waals surface area contributed by atoms with Gasteiger partial charge in [-0.1, -0.05) is 6.07 Å². The summed E-state index contributed by atoms with van der Waals surface area (Å²) >= 11 is 5.45. The van der Waals surface area contributed by atoms with Crippen LogP contribution >= 0.6 is 31.9 Å². The smallest absolute Gasteiger partial charge is 0.320 e. The van der Waals surface area contributed by atoms with Crippen molar-refractivity contribution in [2.75, 3.05) is 16.8 Å². The number of amides is 2. The first-order chi connectivity index (χ1) is 20.4. The van der Waals surface area contributed by atoms with Gasteiger partial charge in [0.05, 0.1) is 28.6 Å². The summed E-state index contributed by atoms with van der Waals surface area (Å²) in [6.07, 6.45) is -11.2. The number of halogens is 11. The van der Waals surface area contributed by atoms with Gasteiger partial charge in [-0.25, -0.2) is 13.8 Å². The van der Waals surface area contributed by atoms with Crippen molar-refractivity contribution in [3.05, 3.63) is 86.1 Å². The fourth-order valence-electron chi connectivity index (χ4n) is 3.93. The number of benzene rings is 2. The molecule has 0 aliphatic carbocycles. The number of hydrogen-bond acceptors (Lipinski definition) is 4. The van der Waals surface area contributed by atoms with E-state index in [-0.39, 0.29) is 37.1 Å². The molecule has 0 fully saturated rings. The number of hydrogen-bond donors (Lipinski definition) is 1. The number of alkyl halides is 7. The Bertz CT molecular complexity index is 1550. The molecule has 3 aromatic rings. The van der Waals surface area contributed by atoms with Crippen LogP contribution in [0, 0.1) is 23.1 Å². The highest BCUT2D eigenvalue weighted by Crippen LogP contribution is 2.54. The van der Waals surface area contributed by atoms with Gasteiger partial charge in [-0.15, -0.1) is 0 Å². The van der Waals surface area contributed by atoms with E-state index >= 15 is 4.39 Å². The lowest BCUT2D eigenvalue weighted by molar-refractivity contribution is -0.348. The normalized spacial score (nSPS) is 12.0. The van der Waals surface area contributed by atoms with Crippen LogP contribution in [0.4, 0.5) is 50.9 Å². The molecular weight excluding hydrogens is 743 g/mol. The number of carbonyl (C=O) groups excluding carboxylic acids is 2. The zero-order valence-corrected chi connectivity index (χ0v) is 24.9. The number of unbranched alkanes of at least 4 members (excludes halogenated alkanes) is 2. The Morgan fingerprint density at radius 3 is 2.07 bits per heavy atom. The predicted molar refractivity (Wildman–Crippen MR) is 146 cm³/mol. The molecule has 0 unspecified atom stereocenters. The Hall–Kier alpha value is -3.65. The Labute approximate surface area is 260 Å². The van der Waals surface area contributed by atoms with Crippen molar-refractivity contribution in [3.63, 3.8) is 0 Å². The first kappa shape index (κ1) is 34.8. The van der Waals surface area contributed by atoms with Crippen LogP contribution in [0.1, 0.15) is 45.5 Å². The third-order valence-electron chi connectivity index (χ3n) is 6.11. The molecule has 6 nitrogen and oxygen atoms in total. The van der Waals surface area contributed by atoms with E-state index < -0.39 is 73.0 Å². The fraction of sp³-hybridized carbons (Fsp3) is 0.259. The Morgan fingerprint density at radius 1 is 0.932 bits per heavy atom. The fourth-order valence-corrected chi connectivity index (χ4v) is 5.31. The number of aromatic nitrogens is 1. The number of anilines is 2. The largest absolute Gasteiger partial charge is 0.435 e. The number of nitrogens with one attached hydrogen (secondary N) is 1. The minimum Gasteiger partial charge on any atom is -0.320 e. The van der Waals surface area contributed by atoms with Gasteiger partial charge in [0.1, 0.15) is 0 Å². The molecule has 2 amide bonds. The molecule has 0 spiro atoms. The minimum atomic E-state index is -6.39. The van der Waals surface area contributed by atoms with Gasteiger partial charge in [0, 0.05) is 33.7 Å². The number of carbonyl (C=O) groups is 2. The van der Waals surface area contributed by atoms with Crippen molar-refractivity contribution in [3.8, 4) is 6.07 Å². The average Bonchev–Trinajstić information content (AvgIpc) is 2.93. The van der Waals surface area contributed by atoms with Gasteiger partial charge in [0.25, 0.3) is 11.8 Å². The number of nitrogens with zero attached hydrogens (tertiary/aromatic N) is 3. The van der Waals surface area contributed by atoms with E-state index in [9.17, 15) is 44.7 Å². The Balaban J connectivity index is 2.00. The summed E-state index contributed by atoms with van der Waals surface area (Å²) in [5, 5.41) is 10.9. The van der Waals surface area contributed by atoms with Crippen LogP contribution in [0.5, 0.6) is 0 Å². The summed E-state index contributed by atoms with van der Waals surface area (Å²) in [6, 6.07) is 7.61. The molecule has 0 saturated carbocycles. The van der Waals surface area contributed by atoms with Crippen LogP contribution < -0.4 is 10.2 Å². The topological polar surface area (TPSA) is 86.1 Å². The summed E-state index contributed by atoms with van der Waals surface area (Å²) in [7, 11) is 0. The molecule has 1 heterocycles. The molecule has 44 heavy (non-hydrogen) atoms. The zero-order valence-electron chi connectivity index (χ0n) is 21.8. The van der Waals surface area contributed by atoms with E-state index in [1.165, 1.54) is 6.07 Å². The summed E-state index contributed by atoms with van der Waals surface area (Å²) in [5.41, 5.74) is -9.29. The zero-order chi connectivity index (χ0) is 33.0. The highest BCUT2D eigenvalue weighted by molar-refractivity contribution is 9.11. The lowest BCUT2D eigenvalue weighted by Crippen LogP contribution is -2.50. The van der Waals surface area contributed by atoms with Crippen molar-refractivity contribution in [2.45, 2.75) is 37.3 Å².